The third kappa shape index (κ3) is 7.30. The number of halogens is 4. The third-order valence-corrected chi connectivity index (χ3v) is 4.55. The molecule has 0 amide bonds. The molecule has 2 N–H and O–H groups in total. The van der Waals surface area contributed by atoms with Gasteiger partial charge >= 0.3 is 6.18 Å². The van der Waals surface area contributed by atoms with Crippen LogP contribution in [0.4, 0.5) is 13.2 Å². The van der Waals surface area contributed by atoms with Crippen molar-refractivity contribution in [2.75, 3.05) is 47.3 Å². The van der Waals surface area contributed by atoms with Crippen molar-refractivity contribution in [2.24, 2.45) is 10.9 Å². The Morgan fingerprint density at radius 3 is 2.46 bits per heavy atom. The highest BCUT2D eigenvalue weighted by molar-refractivity contribution is 14.0. The molecule has 2 aliphatic rings. The van der Waals surface area contributed by atoms with Crippen LogP contribution in [-0.2, 0) is 0 Å². The molecule has 0 aromatic rings. The summed E-state index contributed by atoms with van der Waals surface area (Å²) >= 11 is 0. The molecule has 1 aliphatic carbocycles. The molecule has 1 saturated carbocycles. The Bertz CT molecular complexity index is 410. The second-order valence-electron chi connectivity index (χ2n) is 6.80. The third-order valence-electron chi connectivity index (χ3n) is 4.55. The van der Waals surface area contributed by atoms with Crippen molar-refractivity contribution in [1.29, 1.82) is 0 Å². The van der Waals surface area contributed by atoms with E-state index in [1.807, 2.05) is 0 Å². The number of rotatable bonds is 6. The van der Waals surface area contributed by atoms with E-state index in [4.69, 9.17) is 0 Å². The predicted molar refractivity (Wildman–Crippen MR) is 101 cm³/mol. The first-order valence-electron chi connectivity index (χ1n) is 8.21. The van der Waals surface area contributed by atoms with Crippen molar-refractivity contribution < 1.29 is 13.2 Å². The normalized spacial score (nSPS) is 24.0. The lowest BCUT2D eigenvalue weighted by Crippen LogP contribution is -2.49. The number of alkyl halides is 3. The van der Waals surface area contributed by atoms with Crippen molar-refractivity contribution in [2.45, 2.75) is 37.5 Å². The fourth-order valence-corrected chi connectivity index (χ4v) is 3.19. The molecule has 2 atom stereocenters. The molecule has 1 aliphatic heterocycles. The van der Waals surface area contributed by atoms with E-state index in [0.717, 1.165) is 12.5 Å². The SMILES string of the molecule is CN=C(NCC(C1CC1)N(C)C)NC1CCN(CC(F)(F)F)C1.I. The van der Waals surface area contributed by atoms with Gasteiger partial charge in [-0.05, 0) is 39.3 Å². The number of likely N-dealkylation sites (N-methyl/N-ethyl adjacent to an activating group) is 1. The topological polar surface area (TPSA) is 42.9 Å². The van der Waals surface area contributed by atoms with E-state index in [1.165, 1.54) is 17.7 Å². The average molecular weight is 463 g/mol. The second-order valence-corrected chi connectivity index (χ2v) is 6.80. The molecule has 0 aromatic heterocycles. The van der Waals surface area contributed by atoms with E-state index >= 15 is 0 Å². The summed E-state index contributed by atoms with van der Waals surface area (Å²) < 4.78 is 37.3. The zero-order valence-electron chi connectivity index (χ0n) is 14.6. The van der Waals surface area contributed by atoms with Gasteiger partial charge in [-0.15, -0.1) is 24.0 Å². The van der Waals surface area contributed by atoms with Crippen LogP contribution in [0.2, 0.25) is 0 Å². The van der Waals surface area contributed by atoms with E-state index in [9.17, 15) is 13.2 Å². The van der Waals surface area contributed by atoms with Gasteiger partial charge < -0.3 is 15.5 Å². The number of hydrogen-bond donors (Lipinski definition) is 2. The zero-order valence-corrected chi connectivity index (χ0v) is 16.9. The molecule has 0 spiro atoms. The second kappa shape index (κ2) is 9.42. The van der Waals surface area contributed by atoms with Crippen LogP contribution >= 0.6 is 24.0 Å². The average Bonchev–Trinajstić information content (AvgIpc) is 3.17. The molecule has 0 aromatic carbocycles. The Morgan fingerprint density at radius 2 is 1.96 bits per heavy atom. The van der Waals surface area contributed by atoms with Crippen LogP contribution in [0.25, 0.3) is 0 Å². The predicted octanol–water partition coefficient (Wildman–Crippen LogP) is 1.75. The lowest BCUT2D eigenvalue weighted by atomic mass is 10.1. The van der Waals surface area contributed by atoms with Crippen LogP contribution in [0, 0.1) is 5.92 Å². The van der Waals surface area contributed by atoms with E-state index in [1.54, 1.807) is 7.05 Å². The highest BCUT2D eigenvalue weighted by atomic mass is 127. The number of guanidine groups is 1. The maximum atomic E-state index is 12.4. The van der Waals surface area contributed by atoms with Crippen LogP contribution in [-0.4, -0.2) is 81.3 Å². The van der Waals surface area contributed by atoms with Crippen LogP contribution in [0.5, 0.6) is 0 Å². The van der Waals surface area contributed by atoms with Gasteiger partial charge in [0.05, 0.1) is 6.54 Å². The molecule has 0 radical (unpaired) electrons. The molecular formula is C15H29F3IN5. The molecule has 142 valence electrons. The van der Waals surface area contributed by atoms with Gasteiger partial charge in [-0.1, -0.05) is 0 Å². The lowest BCUT2D eigenvalue weighted by Gasteiger charge is -2.26. The molecule has 1 saturated heterocycles. The molecule has 5 nitrogen and oxygen atoms in total. The Morgan fingerprint density at radius 1 is 1.29 bits per heavy atom. The first-order valence-corrected chi connectivity index (χ1v) is 8.21. The monoisotopic (exact) mass is 463 g/mol. The van der Waals surface area contributed by atoms with Gasteiger partial charge in [-0.2, -0.15) is 13.2 Å². The van der Waals surface area contributed by atoms with Crippen molar-refractivity contribution in [3.63, 3.8) is 0 Å². The van der Waals surface area contributed by atoms with Gasteiger partial charge in [0.25, 0.3) is 0 Å². The largest absolute Gasteiger partial charge is 0.401 e. The lowest BCUT2D eigenvalue weighted by molar-refractivity contribution is -0.143. The Balaban J connectivity index is 0.00000288. The number of hydrogen-bond acceptors (Lipinski definition) is 3. The molecular weight excluding hydrogens is 434 g/mol. The van der Waals surface area contributed by atoms with Gasteiger partial charge in [0.2, 0.25) is 0 Å². The standard InChI is InChI=1S/C15H28F3N5.HI/c1-19-14(20-8-13(22(2)3)11-4-5-11)21-12-6-7-23(9-12)10-15(16,17)18;/h11-13H,4-10H2,1-3H3,(H2,19,20,21);1H. The molecule has 9 heteroatoms. The van der Waals surface area contributed by atoms with Crippen LogP contribution < -0.4 is 10.6 Å². The smallest absolute Gasteiger partial charge is 0.355 e. The highest BCUT2D eigenvalue weighted by Crippen LogP contribution is 2.34. The summed E-state index contributed by atoms with van der Waals surface area (Å²) in [5, 5.41) is 6.56. The van der Waals surface area contributed by atoms with Gasteiger partial charge in [-0.3, -0.25) is 9.89 Å². The molecule has 0 bridgehead atoms. The quantitative estimate of drug-likeness (QED) is 0.358. The highest BCUT2D eigenvalue weighted by Gasteiger charge is 2.35. The van der Waals surface area contributed by atoms with Crippen molar-refractivity contribution in [1.82, 2.24) is 20.4 Å². The number of likely N-dealkylation sites (tertiary alicyclic amines) is 1. The van der Waals surface area contributed by atoms with Gasteiger partial charge in [-0.25, -0.2) is 0 Å². The Kier molecular flexibility index (Phi) is 8.54. The van der Waals surface area contributed by atoms with Crippen molar-refractivity contribution in [3.8, 4) is 0 Å². The van der Waals surface area contributed by atoms with E-state index in [0.29, 0.717) is 31.5 Å². The summed E-state index contributed by atoms with van der Waals surface area (Å²) in [7, 11) is 5.85. The molecule has 2 unspecified atom stereocenters. The summed E-state index contributed by atoms with van der Waals surface area (Å²) in [6.45, 7) is 0.842. The fourth-order valence-electron chi connectivity index (χ4n) is 3.19. The minimum Gasteiger partial charge on any atom is -0.355 e. The van der Waals surface area contributed by atoms with E-state index < -0.39 is 12.7 Å². The molecule has 2 fully saturated rings. The van der Waals surface area contributed by atoms with Crippen LogP contribution in [0.3, 0.4) is 0 Å². The van der Waals surface area contributed by atoms with E-state index in [2.05, 4.69) is 34.6 Å². The van der Waals surface area contributed by atoms with Gasteiger partial charge in [0.15, 0.2) is 5.96 Å². The first kappa shape index (κ1) is 21.8. The maximum Gasteiger partial charge on any atom is 0.401 e. The van der Waals surface area contributed by atoms with E-state index in [-0.39, 0.29) is 30.0 Å². The van der Waals surface area contributed by atoms with Crippen LogP contribution in [0.1, 0.15) is 19.3 Å². The van der Waals surface area contributed by atoms with Crippen molar-refractivity contribution >= 4 is 29.9 Å². The minimum absolute atomic E-state index is 0. The number of aliphatic imine (C=N–C) groups is 1. The van der Waals surface area contributed by atoms with Gasteiger partial charge in [0.1, 0.15) is 0 Å². The summed E-state index contributed by atoms with van der Waals surface area (Å²) in [5.74, 6) is 1.42. The number of nitrogens with zero attached hydrogens (tertiary/aromatic N) is 3. The zero-order chi connectivity index (χ0) is 17.0. The molecule has 1 heterocycles. The first-order chi connectivity index (χ1) is 10.8. The minimum atomic E-state index is -4.13. The summed E-state index contributed by atoms with van der Waals surface area (Å²) in [6.07, 6.45) is -0.883. The Labute approximate surface area is 159 Å². The van der Waals surface area contributed by atoms with Gasteiger partial charge in [0, 0.05) is 38.8 Å². The summed E-state index contributed by atoms with van der Waals surface area (Å²) in [5.41, 5.74) is 0. The Hall–Kier alpha value is -0.290. The molecule has 24 heavy (non-hydrogen) atoms. The van der Waals surface area contributed by atoms with Crippen LogP contribution in [0.15, 0.2) is 4.99 Å². The summed E-state index contributed by atoms with van der Waals surface area (Å²) in [6, 6.07) is 0.487. The maximum absolute atomic E-state index is 12.4. The molecule has 2 rings (SSSR count). The fraction of sp³-hybridized carbons (Fsp3) is 0.933. The summed E-state index contributed by atoms with van der Waals surface area (Å²) in [4.78, 5) is 7.86. The van der Waals surface area contributed by atoms with Crippen molar-refractivity contribution in [3.05, 3.63) is 0 Å². The number of nitrogens with one attached hydrogen (secondary N) is 2.